The van der Waals surface area contributed by atoms with Crippen molar-refractivity contribution in [2.75, 3.05) is 19.8 Å². The van der Waals surface area contributed by atoms with E-state index in [0.717, 1.165) is 5.56 Å². The number of carbonyl (C=O) groups is 1. The van der Waals surface area contributed by atoms with Crippen LogP contribution in [0.3, 0.4) is 0 Å². The number of hydrogen-bond donors (Lipinski definition) is 3. The molecule has 0 spiro atoms. The summed E-state index contributed by atoms with van der Waals surface area (Å²) in [4.78, 5) is 11.9. The van der Waals surface area contributed by atoms with Gasteiger partial charge in [0.05, 0.1) is 19.6 Å². The van der Waals surface area contributed by atoms with Gasteiger partial charge < -0.3 is 14.8 Å². The number of amides is 1. The molecule has 0 radical (unpaired) electrons. The summed E-state index contributed by atoms with van der Waals surface area (Å²) < 4.78 is 11.0. The van der Waals surface area contributed by atoms with E-state index in [0.29, 0.717) is 36.4 Å². The maximum Gasteiger partial charge on any atom is 0.242 e. The largest absolute Gasteiger partial charge is 0.490 e. The molecule has 0 aliphatic heterocycles. The molecule has 1 aromatic carbocycles. The Hall–Kier alpha value is -2.28. The van der Waals surface area contributed by atoms with Crippen LogP contribution >= 0.6 is 12.2 Å². The van der Waals surface area contributed by atoms with Crippen LogP contribution in [-0.4, -0.2) is 30.8 Å². The normalized spacial score (nSPS) is 9.65. The average molecular weight is 337 g/mol. The molecular formula is C16H23N3O3S. The Morgan fingerprint density at radius 1 is 1.22 bits per heavy atom. The van der Waals surface area contributed by atoms with E-state index >= 15 is 0 Å². The number of hydrogen-bond acceptors (Lipinski definition) is 4. The first-order chi connectivity index (χ1) is 11.1. The Kier molecular flexibility index (Phi) is 8.52. The number of benzene rings is 1. The van der Waals surface area contributed by atoms with Crippen LogP contribution in [0.25, 0.3) is 0 Å². The molecule has 0 heterocycles. The average Bonchev–Trinajstić information content (AvgIpc) is 2.54. The smallest absolute Gasteiger partial charge is 0.242 e. The van der Waals surface area contributed by atoms with Crippen molar-refractivity contribution in [2.45, 2.75) is 20.3 Å². The molecule has 1 amide bonds. The molecular weight excluding hydrogens is 314 g/mol. The minimum absolute atomic E-state index is 0.198. The van der Waals surface area contributed by atoms with Gasteiger partial charge in [0.15, 0.2) is 16.6 Å². The van der Waals surface area contributed by atoms with Crippen LogP contribution in [0.4, 0.5) is 0 Å². The highest BCUT2D eigenvalue weighted by Crippen LogP contribution is 2.28. The third-order valence-corrected chi connectivity index (χ3v) is 2.94. The predicted molar refractivity (Wildman–Crippen MR) is 94.6 cm³/mol. The van der Waals surface area contributed by atoms with Gasteiger partial charge in [-0.3, -0.25) is 15.6 Å². The number of ether oxygens (including phenoxy) is 2. The van der Waals surface area contributed by atoms with Crippen LogP contribution in [0.2, 0.25) is 0 Å². The van der Waals surface area contributed by atoms with Crippen molar-refractivity contribution in [3.63, 3.8) is 0 Å². The molecule has 0 fully saturated rings. The summed E-state index contributed by atoms with van der Waals surface area (Å²) in [7, 11) is 0. The maximum atomic E-state index is 11.9. The molecule has 0 atom stereocenters. The lowest BCUT2D eigenvalue weighted by Crippen LogP contribution is -2.47. The quantitative estimate of drug-likeness (QED) is 0.381. The molecule has 0 aromatic heterocycles. The first-order valence-electron chi connectivity index (χ1n) is 7.42. The topological polar surface area (TPSA) is 71.6 Å². The van der Waals surface area contributed by atoms with E-state index in [9.17, 15) is 4.79 Å². The van der Waals surface area contributed by atoms with Crippen molar-refractivity contribution >= 4 is 23.2 Å². The van der Waals surface area contributed by atoms with Crippen molar-refractivity contribution in [1.29, 1.82) is 0 Å². The summed E-state index contributed by atoms with van der Waals surface area (Å²) in [6.45, 7) is 8.98. The molecule has 1 rings (SSSR count). The van der Waals surface area contributed by atoms with Gasteiger partial charge >= 0.3 is 0 Å². The molecule has 3 N–H and O–H groups in total. The minimum Gasteiger partial charge on any atom is -0.490 e. The molecule has 0 saturated heterocycles. The molecule has 126 valence electrons. The Balaban J connectivity index is 2.58. The van der Waals surface area contributed by atoms with Crippen LogP contribution in [0.5, 0.6) is 11.5 Å². The molecule has 6 nitrogen and oxygen atoms in total. The maximum absolute atomic E-state index is 11.9. The summed E-state index contributed by atoms with van der Waals surface area (Å²) in [5.74, 6) is 1.10. The number of nitrogens with one attached hydrogen (secondary N) is 3. The lowest BCUT2D eigenvalue weighted by molar-refractivity contribution is -0.121. The molecule has 1 aromatic rings. The second-order valence-electron chi connectivity index (χ2n) is 4.50. The number of carbonyl (C=O) groups excluding carboxylic acids is 1. The Bertz CT molecular complexity index is 549. The minimum atomic E-state index is -0.209. The van der Waals surface area contributed by atoms with Crippen molar-refractivity contribution in [3.8, 4) is 11.5 Å². The summed E-state index contributed by atoms with van der Waals surface area (Å²) >= 11 is 4.98. The van der Waals surface area contributed by atoms with Crippen LogP contribution in [0.1, 0.15) is 19.4 Å². The second kappa shape index (κ2) is 10.4. The van der Waals surface area contributed by atoms with Crippen molar-refractivity contribution in [1.82, 2.24) is 16.2 Å². The summed E-state index contributed by atoms with van der Waals surface area (Å²) in [5.41, 5.74) is 5.98. The van der Waals surface area contributed by atoms with E-state index in [2.05, 4.69) is 22.7 Å². The molecule has 0 saturated carbocycles. The zero-order valence-electron chi connectivity index (χ0n) is 13.5. The van der Waals surface area contributed by atoms with Crippen LogP contribution in [-0.2, 0) is 11.2 Å². The van der Waals surface area contributed by atoms with Gasteiger partial charge in [-0.2, -0.15) is 0 Å². The van der Waals surface area contributed by atoms with E-state index in [1.807, 2.05) is 26.0 Å². The molecule has 0 unspecified atom stereocenters. The molecule has 23 heavy (non-hydrogen) atoms. The van der Waals surface area contributed by atoms with Crippen molar-refractivity contribution in [2.24, 2.45) is 0 Å². The first kappa shape index (κ1) is 18.8. The fourth-order valence-corrected chi connectivity index (χ4v) is 1.90. The highest BCUT2D eigenvalue weighted by atomic mass is 32.1. The zero-order chi connectivity index (χ0) is 17.1. The van der Waals surface area contributed by atoms with Gasteiger partial charge in [-0.05, 0) is 43.8 Å². The number of rotatable bonds is 8. The summed E-state index contributed by atoms with van der Waals surface area (Å²) in [5, 5.41) is 3.18. The van der Waals surface area contributed by atoms with E-state index in [1.54, 1.807) is 12.1 Å². The number of hydrazine groups is 1. The molecule has 7 heteroatoms. The monoisotopic (exact) mass is 337 g/mol. The highest BCUT2D eigenvalue weighted by molar-refractivity contribution is 7.80. The first-order valence-corrected chi connectivity index (χ1v) is 7.83. The zero-order valence-corrected chi connectivity index (χ0v) is 14.3. The van der Waals surface area contributed by atoms with E-state index < -0.39 is 0 Å². The Labute approximate surface area is 142 Å². The summed E-state index contributed by atoms with van der Waals surface area (Å²) in [6, 6.07) is 5.45. The molecule has 0 aliphatic carbocycles. The predicted octanol–water partition coefficient (Wildman–Crippen LogP) is 1.71. The van der Waals surface area contributed by atoms with Gasteiger partial charge in [-0.1, -0.05) is 12.1 Å². The fourth-order valence-electron chi connectivity index (χ4n) is 1.77. The Morgan fingerprint density at radius 2 is 1.91 bits per heavy atom. The van der Waals surface area contributed by atoms with Crippen LogP contribution in [0, 0.1) is 0 Å². The Morgan fingerprint density at radius 3 is 2.57 bits per heavy atom. The molecule has 0 bridgehead atoms. The number of thiocarbonyl (C=S) groups is 1. The van der Waals surface area contributed by atoms with E-state index in [-0.39, 0.29) is 12.3 Å². The van der Waals surface area contributed by atoms with Crippen molar-refractivity contribution in [3.05, 3.63) is 36.4 Å². The van der Waals surface area contributed by atoms with E-state index in [1.165, 1.54) is 0 Å². The van der Waals surface area contributed by atoms with Gasteiger partial charge in [0.1, 0.15) is 0 Å². The SMILES string of the molecule is C=CCNC(=S)NNC(=O)Cc1ccc(OCC)c(OCC)c1. The third kappa shape index (κ3) is 7.01. The van der Waals surface area contributed by atoms with Crippen molar-refractivity contribution < 1.29 is 14.3 Å². The van der Waals surface area contributed by atoms with Crippen LogP contribution < -0.4 is 25.6 Å². The van der Waals surface area contributed by atoms with Gasteiger partial charge in [-0.25, -0.2) is 0 Å². The van der Waals surface area contributed by atoms with Gasteiger partial charge in [0.2, 0.25) is 5.91 Å². The lowest BCUT2D eigenvalue weighted by atomic mass is 10.1. The van der Waals surface area contributed by atoms with Gasteiger partial charge in [0.25, 0.3) is 0 Å². The van der Waals surface area contributed by atoms with Crippen LogP contribution in [0.15, 0.2) is 30.9 Å². The summed E-state index contributed by atoms with van der Waals surface area (Å²) in [6.07, 6.45) is 1.87. The van der Waals surface area contributed by atoms with E-state index in [4.69, 9.17) is 21.7 Å². The second-order valence-corrected chi connectivity index (χ2v) is 4.90. The molecule has 0 aliphatic rings. The highest BCUT2D eigenvalue weighted by Gasteiger charge is 2.09. The third-order valence-electron chi connectivity index (χ3n) is 2.69. The lowest BCUT2D eigenvalue weighted by Gasteiger charge is -2.13. The fraction of sp³-hybridized carbons (Fsp3) is 0.375. The standard InChI is InChI=1S/C16H23N3O3S/c1-4-9-17-16(23)19-18-15(20)11-12-7-8-13(21-5-2)14(10-12)22-6-3/h4,7-8,10H,1,5-6,9,11H2,2-3H3,(H,18,20)(H2,17,19,23). The van der Waals surface area contributed by atoms with Gasteiger partial charge in [-0.15, -0.1) is 6.58 Å². The van der Waals surface area contributed by atoms with Gasteiger partial charge in [0, 0.05) is 6.54 Å².